The molecule has 1 N–H and O–H groups in total. The van der Waals surface area contributed by atoms with E-state index in [0.717, 1.165) is 48.4 Å². The van der Waals surface area contributed by atoms with Gasteiger partial charge in [-0.1, -0.05) is 11.6 Å². The number of nitrogens with zero attached hydrogens (tertiary/aromatic N) is 1. The first-order valence-electron chi connectivity index (χ1n) is 7.49. The van der Waals surface area contributed by atoms with Crippen LogP contribution in [0.3, 0.4) is 0 Å². The number of rotatable bonds is 4. The molecule has 0 unspecified atom stereocenters. The summed E-state index contributed by atoms with van der Waals surface area (Å²) in [5.74, 6) is 0.616. The summed E-state index contributed by atoms with van der Waals surface area (Å²) >= 11 is 0. The fourth-order valence-electron chi connectivity index (χ4n) is 3.17. The Bertz CT molecular complexity index is 693. The zero-order valence-electron chi connectivity index (χ0n) is 12.7. The molecule has 4 heteroatoms. The van der Waals surface area contributed by atoms with E-state index in [1.165, 1.54) is 6.42 Å². The summed E-state index contributed by atoms with van der Waals surface area (Å²) in [4.78, 5) is 18.0. The molecule has 4 nitrogen and oxygen atoms in total. The van der Waals surface area contributed by atoms with Crippen molar-refractivity contribution in [1.29, 1.82) is 0 Å². The molecule has 0 radical (unpaired) electrons. The summed E-state index contributed by atoms with van der Waals surface area (Å²) in [5.41, 5.74) is 3.14. The Kier molecular flexibility index (Phi) is 4.08. The number of fused-ring (bicyclic) bond motifs is 1. The Morgan fingerprint density at radius 2 is 2.24 bits per heavy atom. The Labute approximate surface area is 124 Å². The highest BCUT2D eigenvalue weighted by atomic mass is 16.5. The number of hydrogen-bond donors (Lipinski definition) is 1. The topological polar surface area (TPSA) is 45.3 Å². The maximum absolute atomic E-state index is 12.2. The number of aromatic amines is 1. The van der Waals surface area contributed by atoms with E-state index >= 15 is 0 Å². The van der Waals surface area contributed by atoms with Crippen LogP contribution in [0.15, 0.2) is 29.1 Å². The Morgan fingerprint density at radius 1 is 1.38 bits per heavy atom. The van der Waals surface area contributed by atoms with E-state index in [0.29, 0.717) is 5.92 Å². The van der Waals surface area contributed by atoms with Crippen LogP contribution in [0.1, 0.15) is 17.7 Å². The van der Waals surface area contributed by atoms with E-state index < -0.39 is 0 Å². The number of pyridine rings is 1. The third-order valence-electron chi connectivity index (χ3n) is 4.21. The summed E-state index contributed by atoms with van der Waals surface area (Å²) in [6, 6.07) is 7.72. The van der Waals surface area contributed by atoms with Crippen molar-refractivity contribution in [1.82, 2.24) is 9.88 Å². The molecular formula is C17H22N2O2. The van der Waals surface area contributed by atoms with E-state index in [2.05, 4.69) is 9.88 Å². The molecule has 1 saturated heterocycles. The average molecular weight is 286 g/mol. The summed E-state index contributed by atoms with van der Waals surface area (Å²) in [7, 11) is 1.76. The van der Waals surface area contributed by atoms with E-state index in [1.807, 2.05) is 25.1 Å². The van der Waals surface area contributed by atoms with Crippen molar-refractivity contribution < 1.29 is 4.74 Å². The summed E-state index contributed by atoms with van der Waals surface area (Å²) in [6.07, 6.45) is 1.17. The van der Waals surface area contributed by atoms with Gasteiger partial charge in [0.1, 0.15) is 0 Å². The molecule has 1 aliphatic heterocycles. The summed E-state index contributed by atoms with van der Waals surface area (Å²) < 4.78 is 5.23. The van der Waals surface area contributed by atoms with Gasteiger partial charge >= 0.3 is 0 Å². The fraction of sp³-hybridized carbons (Fsp3) is 0.471. The molecule has 1 atom stereocenters. The van der Waals surface area contributed by atoms with Gasteiger partial charge in [-0.2, -0.15) is 0 Å². The van der Waals surface area contributed by atoms with Crippen molar-refractivity contribution in [3.63, 3.8) is 0 Å². The number of methoxy groups -OCH3 is 1. The van der Waals surface area contributed by atoms with Crippen molar-refractivity contribution in [3.8, 4) is 0 Å². The molecule has 3 rings (SSSR count). The van der Waals surface area contributed by atoms with Gasteiger partial charge in [-0.15, -0.1) is 0 Å². The highest BCUT2D eigenvalue weighted by Crippen LogP contribution is 2.19. The van der Waals surface area contributed by atoms with Crippen LogP contribution >= 0.6 is 0 Å². The maximum atomic E-state index is 12.2. The van der Waals surface area contributed by atoms with E-state index in [4.69, 9.17) is 4.74 Å². The zero-order chi connectivity index (χ0) is 14.8. The van der Waals surface area contributed by atoms with E-state index in [-0.39, 0.29) is 5.43 Å². The number of aryl methyl sites for hydroxylation is 1. The molecule has 1 aliphatic rings. The molecule has 0 amide bonds. The Balaban J connectivity index is 1.79. The van der Waals surface area contributed by atoms with Crippen LogP contribution in [0, 0.1) is 12.8 Å². The Hall–Kier alpha value is -1.65. The van der Waals surface area contributed by atoms with Gasteiger partial charge in [-0.25, -0.2) is 0 Å². The second-order valence-electron chi connectivity index (χ2n) is 6.05. The smallest absolute Gasteiger partial charge is 0.189 e. The van der Waals surface area contributed by atoms with Gasteiger partial charge in [0, 0.05) is 42.9 Å². The largest absolute Gasteiger partial charge is 0.384 e. The number of nitrogens with one attached hydrogen (secondary N) is 1. The zero-order valence-corrected chi connectivity index (χ0v) is 12.7. The summed E-state index contributed by atoms with van der Waals surface area (Å²) in [5, 5.41) is 0.775. The minimum Gasteiger partial charge on any atom is -0.384 e. The van der Waals surface area contributed by atoms with Crippen LogP contribution in [-0.4, -0.2) is 36.7 Å². The van der Waals surface area contributed by atoms with Crippen molar-refractivity contribution in [2.75, 3.05) is 26.8 Å². The highest BCUT2D eigenvalue weighted by molar-refractivity contribution is 5.79. The highest BCUT2D eigenvalue weighted by Gasteiger charge is 2.22. The monoisotopic (exact) mass is 286 g/mol. The number of likely N-dealkylation sites (tertiary alicyclic amines) is 1. The molecule has 0 saturated carbocycles. The van der Waals surface area contributed by atoms with Crippen molar-refractivity contribution in [2.45, 2.75) is 19.9 Å². The molecule has 0 spiro atoms. The van der Waals surface area contributed by atoms with Crippen LogP contribution < -0.4 is 5.43 Å². The number of ether oxygens (including phenoxy) is 1. The van der Waals surface area contributed by atoms with Crippen LogP contribution in [0.4, 0.5) is 0 Å². The standard InChI is InChI=1S/C17H22N2O2/c1-12-3-4-16-15(7-12)17(20)8-14(18-16)10-19-6-5-13(9-19)11-21-2/h3-4,7-8,13H,5-6,9-11H2,1-2H3,(H,18,20)/t13-/m0/s1. The Morgan fingerprint density at radius 3 is 3.05 bits per heavy atom. The molecule has 0 aliphatic carbocycles. The van der Waals surface area contributed by atoms with Crippen molar-refractivity contribution in [2.24, 2.45) is 5.92 Å². The van der Waals surface area contributed by atoms with E-state index in [1.54, 1.807) is 13.2 Å². The maximum Gasteiger partial charge on any atom is 0.189 e. The lowest BCUT2D eigenvalue weighted by atomic mass is 10.1. The van der Waals surface area contributed by atoms with Gasteiger partial charge in [0.15, 0.2) is 5.43 Å². The molecule has 1 fully saturated rings. The normalized spacial score (nSPS) is 19.4. The van der Waals surface area contributed by atoms with E-state index in [9.17, 15) is 4.79 Å². The minimum absolute atomic E-state index is 0.107. The molecular weight excluding hydrogens is 264 g/mol. The first-order valence-corrected chi connectivity index (χ1v) is 7.49. The van der Waals surface area contributed by atoms with Crippen LogP contribution in [0.5, 0.6) is 0 Å². The lowest BCUT2D eigenvalue weighted by Crippen LogP contribution is -2.22. The SMILES string of the molecule is COC[C@H]1CCN(Cc2cc(=O)c3cc(C)ccc3[nH]2)C1. The molecule has 21 heavy (non-hydrogen) atoms. The predicted molar refractivity (Wildman–Crippen MR) is 84.6 cm³/mol. The predicted octanol–water partition coefficient (Wildman–Crippen LogP) is 2.30. The van der Waals surface area contributed by atoms with Crippen LogP contribution in [0.2, 0.25) is 0 Å². The molecule has 1 aromatic heterocycles. The lowest BCUT2D eigenvalue weighted by Gasteiger charge is -2.16. The molecule has 2 aromatic rings. The molecule has 2 heterocycles. The number of aromatic nitrogens is 1. The number of H-pyrrole nitrogens is 1. The molecule has 0 bridgehead atoms. The second kappa shape index (κ2) is 6.00. The van der Waals surface area contributed by atoms with Gasteiger partial charge in [0.2, 0.25) is 0 Å². The second-order valence-corrected chi connectivity index (χ2v) is 6.05. The van der Waals surface area contributed by atoms with Gasteiger partial charge in [0.25, 0.3) is 0 Å². The van der Waals surface area contributed by atoms with Crippen molar-refractivity contribution >= 4 is 10.9 Å². The third kappa shape index (κ3) is 3.17. The first-order chi connectivity index (χ1) is 10.2. The van der Waals surface area contributed by atoms with Gasteiger partial charge in [-0.05, 0) is 37.9 Å². The first kappa shape index (κ1) is 14.3. The average Bonchev–Trinajstić information content (AvgIpc) is 2.87. The third-order valence-corrected chi connectivity index (χ3v) is 4.21. The fourth-order valence-corrected chi connectivity index (χ4v) is 3.17. The van der Waals surface area contributed by atoms with Crippen LogP contribution in [-0.2, 0) is 11.3 Å². The van der Waals surface area contributed by atoms with Crippen LogP contribution in [0.25, 0.3) is 10.9 Å². The number of benzene rings is 1. The number of hydrogen-bond acceptors (Lipinski definition) is 3. The van der Waals surface area contributed by atoms with Gasteiger partial charge in [0.05, 0.1) is 6.61 Å². The van der Waals surface area contributed by atoms with Gasteiger partial charge in [-0.3, -0.25) is 9.69 Å². The van der Waals surface area contributed by atoms with Crippen molar-refractivity contribution in [3.05, 3.63) is 45.7 Å². The summed E-state index contributed by atoms with van der Waals surface area (Å²) in [6.45, 7) is 5.75. The lowest BCUT2D eigenvalue weighted by molar-refractivity contribution is 0.152. The molecule has 1 aromatic carbocycles. The molecule has 112 valence electrons. The quantitative estimate of drug-likeness (QED) is 0.938. The van der Waals surface area contributed by atoms with Gasteiger partial charge < -0.3 is 9.72 Å². The minimum atomic E-state index is 0.107.